The van der Waals surface area contributed by atoms with E-state index in [-0.39, 0.29) is 11.3 Å². The second kappa shape index (κ2) is 7.11. The van der Waals surface area contributed by atoms with Gasteiger partial charge in [0.1, 0.15) is 17.5 Å². The van der Waals surface area contributed by atoms with Crippen LogP contribution in [-0.2, 0) is 4.79 Å². The summed E-state index contributed by atoms with van der Waals surface area (Å²) >= 11 is 1.30. The van der Waals surface area contributed by atoms with Gasteiger partial charge in [-0.1, -0.05) is 59.9 Å². The number of rotatable bonds is 3. The molecule has 1 N–H and O–H groups in total. The summed E-state index contributed by atoms with van der Waals surface area (Å²) in [6.45, 7) is 3.36. The Morgan fingerprint density at radius 2 is 1.94 bits per heavy atom. The van der Waals surface area contributed by atoms with Crippen LogP contribution in [0.4, 0.5) is 0 Å². The Morgan fingerprint density at radius 3 is 2.73 bits per heavy atom. The third-order valence-corrected chi connectivity index (χ3v) is 7.32. The van der Waals surface area contributed by atoms with Crippen molar-refractivity contribution in [1.82, 2.24) is 14.8 Å². The van der Waals surface area contributed by atoms with Gasteiger partial charge < -0.3 is 4.74 Å². The molecule has 8 heteroatoms. The minimum atomic E-state index is -1.07. The zero-order valence-electron chi connectivity index (χ0n) is 18.0. The van der Waals surface area contributed by atoms with Crippen molar-refractivity contribution >= 4 is 23.2 Å². The molecule has 0 saturated carbocycles. The van der Waals surface area contributed by atoms with Gasteiger partial charge in [0, 0.05) is 16.7 Å². The van der Waals surface area contributed by atoms with Crippen molar-refractivity contribution in [2.24, 2.45) is 10.9 Å². The van der Waals surface area contributed by atoms with Crippen LogP contribution >= 0.6 is 11.3 Å². The number of carbonyl (C=O) groups excluding carboxylic acids is 1. The number of carbonyl (C=O) groups is 1. The monoisotopic (exact) mass is 456 g/mol. The number of nitrogens with one attached hydrogen (secondary N) is 1. The van der Waals surface area contributed by atoms with Gasteiger partial charge in [-0.2, -0.15) is 5.10 Å². The Bertz CT molecular complexity index is 1580. The number of hydrogen-bond acceptors (Lipinski definition) is 6. The minimum Gasteiger partial charge on any atom is -0.465 e. The van der Waals surface area contributed by atoms with Gasteiger partial charge in [0.15, 0.2) is 4.80 Å². The zero-order valence-corrected chi connectivity index (χ0v) is 18.8. The zero-order chi connectivity index (χ0) is 22.7. The molecule has 0 aliphatic carbocycles. The Morgan fingerprint density at radius 1 is 1.18 bits per heavy atom. The highest BCUT2D eigenvalue weighted by molar-refractivity contribution is 7.07. The van der Waals surface area contributed by atoms with Crippen LogP contribution in [0.1, 0.15) is 31.0 Å². The highest BCUT2D eigenvalue weighted by atomic mass is 32.1. The Labute approximate surface area is 192 Å². The molecular weight excluding hydrogens is 436 g/mol. The Hall–Kier alpha value is -3.78. The van der Waals surface area contributed by atoms with Gasteiger partial charge in [-0.05, 0) is 26.0 Å². The van der Waals surface area contributed by atoms with Crippen molar-refractivity contribution in [3.63, 3.8) is 0 Å². The number of H-pyrrole nitrogens is 1. The summed E-state index contributed by atoms with van der Waals surface area (Å²) in [5, 5.41) is 7.21. The number of para-hydroxylation sites is 1. The number of hydrogen-bond donors (Lipinski definition) is 1. The van der Waals surface area contributed by atoms with Crippen molar-refractivity contribution in [3.8, 4) is 17.0 Å². The van der Waals surface area contributed by atoms with E-state index in [1.165, 1.54) is 18.3 Å². The summed E-state index contributed by atoms with van der Waals surface area (Å²) in [5.74, 6) is 0.00631. The molecule has 164 valence electrons. The first-order chi connectivity index (χ1) is 16.0. The summed E-state index contributed by atoms with van der Waals surface area (Å²) in [4.78, 5) is 31.7. The molecule has 0 saturated heterocycles. The quantitative estimate of drug-likeness (QED) is 0.513. The Kier molecular flexibility index (Phi) is 4.28. The molecule has 0 radical (unpaired) electrons. The van der Waals surface area contributed by atoms with Gasteiger partial charge in [0.05, 0.1) is 22.5 Å². The van der Waals surface area contributed by atoms with Crippen LogP contribution in [0.25, 0.3) is 17.3 Å². The molecule has 0 unspecified atom stereocenters. The molecular formula is C25H20N4O3S. The van der Waals surface area contributed by atoms with Gasteiger partial charge in [0.2, 0.25) is 5.72 Å². The summed E-state index contributed by atoms with van der Waals surface area (Å²) in [6, 6.07) is 16.9. The molecule has 2 aliphatic heterocycles. The summed E-state index contributed by atoms with van der Waals surface area (Å²) in [6.07, 6.45) is 3.54. The molecule has 2 aromatic heterocycles. The molecule has 2 aromatic carbocycles. The summed E-state index contributed by atoms with van der Waals surface area (Å²) < 4.78 is 8.42. The fourth-order valence-corrected chi connectivity index (χ4v) is 6.03. The van der Waals surface area contributed by atoms with E-state index in [4.69, 9.17) is 9.73 Å². The van der Waals surface area contributed by atoms with Gasteiger partial charge >= 0.3 is 0 Å². The van der Waals surface area contributed by atoms with Crippen LogP contribution < -0.4 is 19.6 Å². The number of benzene rings is 2. The van der Waals surface area contributed by atoms with Crippen molar-refractivity contribution < 1.29 is 9.53 Å². The van der Waals surface area contributed by atoms with Crippen molar-refractivity contribution in [2.45, 2.75) is 25.6 Å². The highest BCUT2D eigenvalue weighted by Crippen LogP contribution is 2.47. The fourth-order valence-electron chi connectivity index (χ4n) is 4.94. The van der Waals surface area contributed by atoms with E-state index in [1.807, 2.05) is 67.6 Å². The molecule has 4 heterocycles. The number of Topliss-reactive ketones (excluding diaryl/α,β-unsaturated/α-hetero) is 1. The van der Waals surface area contributed by atoms with Crippen LogP contribution in [0.3, 0.4) is 0 Å². The smallest absolute Gasteiger partial charge is 0.270 e. The maximum atomic E-state index is 13.7. The minimum absolute atomic E-state index is 0.0590. The second-order valence-corrected chi connectivity index (χ2v) is 9.48. The number of nitrogens with zero attached hydrogens (tertiary/aromatic N) is 3. The van der Waals surface area contributed by atoms with Crippen LogP contribution in [-0.4, -0.2) is 26.3 Å². The van der Waals surface area contributed by atoms with E-state index < -0.39 is 17.7 Å². The number of aromatic nitrogens is 3. The second-order valence-electron chi connectivity index (χ2n) is 8.47. The first-order valence-electron chi connectivity index (χ1n) is 10.7. The van der Waals surface area contributed by atoms with Crippen LogP contribution in [0, 0.1) is 5.92 Å². The summed E-state index contributed by atoms with van der Waals surface area (Å²) in [7, 11) is 0. The van der Waals surface area contributed by atoms with Gasteiger partial charge in [-0.15, -0.1) is 0 Å². The van der Waals surface area contributed by atoms with E-state index >= 15 is 0 Å². The predicted octanol–water partition coefficient (Wildman–Crippen LogP) is 2.67. The van der Waals surface area contributed by atoms with E-state index in [0.717, 1.165) is 22.4 Å². The molecule has 2 bridgehead atoms. The fraction of sp³-hybridized carbons (Fsp3) is 0.200. The molecule has 33 heavy (non-hydrogen) atoms. The molecule has 0 fully saturated rings. The first-order valence-corrected chi connectivity index (χ1v) is 11.5. The third-order valence-electron chi connectivity index (χ3n) is 6.34. The number of thiazole rings is 1. The lowest BCUT2D eigenvalue weighted by Crippen LogP contribution is -2.58. The van der Waals surface area contributed by atoms with E-state index in [2.05, 4.69) is 10.2 Å². The maximum absolute atomic E-state index is 13.7. The predicted molar refractivity (Wildman–Crippen MR) is 125 cm³/mol. The van der Waals surface area contributed by atoms with Crippen LogP contribution in [0.2, 0.25) is 0 Å². The van der Waals surface area contributed by atoms with Gasteiger partial charge in [-0.3, -0.25) is 19.3 Å². The lowest BCUT2D eigenvalue weighted by Gasteiger charge is -2.45. The molecule has 3 atom stereocenters. The SMILES string of the molecule is CC(=O)[C@@H]1[C@H]2c3ccccc3O[C@]1(C)N=c1s/c(=C\c3cn[nH]c3-c3ccccc3)c(=O)n12. The topological polar surface area (TPSA) is 89.3 Å². The molecule has 7 nitrogen and oxygen atoms in total. The normalized spacial score (nSPS) is 23.3. The molecule has 4 aromatic rings. The number of ketones is 1. The average molecular weight is 457 g/mol. The van der Waals surface area contributed by atoms with E-state index in [1.54, 1.807) is 10.8 Å². The standard InChI is InChI=1S/C25H20N4O3S/c1-14(30)20-22-17-10-6-7-11-18(17)32-25(20,2)27-24-29(22)23(31)19(33-24)12-16-13-26-28-21(16)15-8-4-3-5-9-15/h3-13,20,22H,1-2H3,(H,26,28)/b19-12-/t20-,22-,25+/m1/s1. The first kappa shape index (κ1) is 19.9. The van der Waals surface area contributed by atoms with Crippen molar-refractivity contribution in [2.75, 3.05) is 0 Å². The number of ether oxygens (including phenoxy) is 1. The lowest BCUT2D eigenvalue weighted by atomic mass is 9.79. The van der Waals surface area contributed by atoms with Crippen molar-refractivity contribution in [3.05, 3.63) is 91.6 Å². The molecule has 2 aliphatic rings. The highest BCUT2D eigenvalue weighted by Gasteiger charge is 2.53. The average Bonchev–Trinajstić information content (AvgIpc) is 3.37. The number of aromatic amines is 1. The van der Waals surface area contributed by atoms with Gasteiger partial charge in [0.25, 0.3) is 5.56 Å². The molecule has 0 amide bonds. The Balaban J connectivity index is 1.59. The third kappa shape index (κ3) is 2.94. The molecule has 0 spiro atoms. The largest absolute Gasteiger partial charge is 0.465 e. The van der Waals surface area contributed by atoms with Crippen LogP contribution in [0.5, 0.6) is 5.75 Å². The molecule has 6 rings (SSSR count). The summed E-state index contributed by atoms with van der Waals surface area (Å²) in [5.41, 5.74) is 2.22. The number of fused-ring (bicyclic) bond motifs is 6. The van der Waals surface area contributed by atoms with Gasteiger partial charge in [-0.25, -0.2) is 4.99 Å². The van der Waals surface area contributed by atoms with Crippen molar-refractivity contribution in [1.29, 1.82) is 0 Å². The lowest BCUT2D eigenvalue weighted by molar-refractivity contribution is -0.132. The maximum Gasteiger partial charge on any atom is 0.270 e. The van der Waals surface area contributed by atoms with Crippen LogP contribution in [0.15, 0.2) is 70.6 Å². The van der Waals surface area contributed by atoms with E-state index in [9.17, 15) is 9.59 Å². The van der Waals surface area contributed by atoms with E-state index in [0.29, 0.717) is 15.1 Å².